The van der Waals surface area contributed by atoms with Crippen LogP contribution in [0.1, 0.15) is 11.1 Å². The minimum absolute atomic E-state index is 0.225. The zero-order chi connectivity index (χ0) is 18.7. The molecule has 3 aromatic carbocycles. The molecular formula is C20H18ClNO3S. The number of ether oxygens (including phenoxy) is 1. The van der Waals surface area contributed by atoms with E-state index in [1.807, 2.05) is 31.2 Å². The summed E-state index contributed by atoms with van der Waals surface area (Å²) >= 11 is 6.06. The van der Waals surface area contributed by atoms with Gasteiger partial charge in [-0.1, -0.05) is 41.9 Å². The average molecular weight is 388 g/mol. The Balaban J connectivity index is 1.98. The summed E-state index contributed by atoms with van der Waals surface area (Å²) in [4.78, 5) is 0.225. The van der Waals surface area contributed by atoms with Gasteiger partial charge < -0.3 is 4.74 Å². The third kappa shape index (κ3) is 4.18. The lowest BCUT2D eigenvalue weighted by atomic mass is 10.2. The van der Waals surface area contributed by atoms with E-state index in [2.05, 4.69) is 4.72 Å². The van der Waals surface area contributed by atoms with Gasteiger partial charge in [-0.25, -0.2) is 8.42 Å². The highest BCUT2D eigenvalue weighted by Crippen LogP contribution is 2.34. The summed E-state index contributed by atoms with van der Waals surface area (Å²) in [6.07, 6.45) is 0. The first-order valence-electron chi connectivity index (χ1n) is 7.98. The predicted octanol–water partition coefficient (Wildman–Crippen LogP) is 5.55. The Kier molecular flexibility index (Phi) is 5.20. The molecule has 4 nitrogen and oxygen atoms in total. The van der Waals surface area contributed by atoms with Crippen molar-refractivity contribution in [3.63, 3.8) is 0 Å². The fourth-order valence-electron chi connectivity index (χ4n) is 2.48. The van der Waals surface area contributed by atoms with Gasteiger partial charge in [0.15, 0.2) is 5.75 Å². The van der Waals surface area contributed by atoms with Crippen molar-refractivity contribution in [2.75, 3.05) is 4.72 Å². The van der Waals surface area contributed by atoms with Crippen molar-refractivity contribution in [3.8, 4) is 11.5 Å². The molecule has 0 fully saturated rings. The summed E-state index contributed by atoms with van der Waals surface area (Å²) in [5.74, 6) is 0.969. The molecule has 0 aliphatic rings. The van der Waals surface area contributed by atoms with Gasteiger partial charge in [0.2, 0.25) is 0 Å². The van der Waals surface area contributed by atoms with E-state index >= 15 is 0 Å². The maximum atomic E-state index is 12.9. The zero-order valence-electron chi connectivity index (χ0n) is 14.4. The van der Waals surface area contributed by atoms with Gasteiger partial charge in [0.05, 0.1) is 10.6 Å². The number of anilines is 1. The first-order valence-corrected chi connectivity index (χ1v) is 9.84. The Morgan fingerprint density at radius 1 is 0.923 bits per heavy atom. The van der Waals surface area contributed by atoms with E-state index in [4.69, 9.17) is 16.3 Å². The molecule has 3 aromatic rings. The van der Waals surface area contributed by atoms with Gasteiger partial charge in [0, 0.05) is 5.02 Å². The van der Waals surface area contributed by atoms with E-state index in [-0.39, 0.29) is 10.6 Å². The molecule has 0 radical (unpaired) electrons. The average Bonchev–Trinajstić information content (AvgIpc) is 2.60. The summed E-state index contributed by atoms with van der Waals surface area (Å²) in [5, 5.41) is 0.407. The second-order valence-electron chi connectivity index (χ2n) is 5.93. The molecule has 3 rings (SSSR count). The lowest BCUT2D eigenvalue weighted by Gasteiger charge is -2.15. The molecule has 0 atom stereocenters. The number of aryl methyl sites for hydroxylation is 2. The topological polar surface area (TPSA) is 55.4 Å². The van der Waals surface area contributed by atoms with Crippen molar-refractivity contribution < 1.29 is 13.2 Å². The van der Waals surface area contributed by atoms with Crippen LogP contribution in [-0.2, 0) is 10.0 Å². The minimum atomic E-state index is -3.79. The van der Waals surface area contributed by atoms with Crippen molar-refractivity contribution >= 4 is 27.3 Å². The van der Waals surface area contributed by atoms with Crippen LogP contribution in [0.25, 0.3) is 0 Å². The quantitative estimate of drug-likeness (QED) is 0.624. The summed E-state index contributed by atoms with van der Waals surface area (Å²) in [6, 6.07) is 19.2. The molecule has 0 unspecified atom stereocenters. The van der Waals surface area contributed by atoms with Crippen molar-refractivity contribution in [2.24, 2.45) is 0 Å². The Bertz CT molecular complexity index is 1030. The molecule has 0 aromatic heterocycles. The van der Waals surface area contributed by atoms with Crippen LogP contribution in [0, 0.1) is 13.8 Å². The zero-order valence-corrected chi connectivity index (χ0v) is 15.9. The fraction of sp³-hybridized carbons (Fsp3) is 0.100. The number of nitrogens with one attached hydrogen (secondary N) is 1. The monoisotopic (exact) mass is 387 g/mol. The molecule has 0 aliphatic carbocycles. The summed E-state index contributed by atoms with van der Waals surface area (Å²) in [7, 11) is -3.79. The van der Waals surface area contributed by atoms with Crippen LogP contribution in [0.2, 0.25) is 5.02 Å². The molecule has 0 aliphatic heterocycles. The molecule has 0 saturated heterocycles. The standard InChI is InChI=1S/C20H18ClNO3S/c1-14-8-9-15(2)20(12-14)26(23,24)22-18-13-16(21)10-11-19(18)25-17-6-4-3-5-7-17/h3-13,22H,1-2H3. The van der Waals surface area contributed by atoms with Gasteiger partial charge in [-0.2, -0.15) is 0 Å². The van der Waals surface area contributed by atoms with Gasteiger partial charge in [0.25, 0.3) is 10.0 Å². The Morgan fingerprint density at radius 3 is 2.38 bits per heavy atom. The van der Waals surface area contributed by atoms with Crippen LogP contribution in [-0.4, -0.2) is 8.42 Å². The van der Waals surface area contributed by atoms with E-state index in [0.717, 1.165) is 5.56 Å². The summed E-state index contributed by atoms with van der Waals surface area (Å²) in [5.41, 5.74) is 1.81. The molecule has 1 N–H and O–H groups in total. The maximum Gasteiger partial charge on any atom is 0.262 e. The largest absolute Gasteiger partial charge is 0.455 e. The molecule has 0 spiro atoms. The second kappa shape index (κ2) is 7.40. The molecule has 26 heavy (non-hydrogen) atoms. The maximum absolute atomic E-state index is 12.9. The summed E-state index contributed by atoms with van der Waals surface area (Å²) < 4.78 is 34.2. The number of hydrogen-bond donors (Lipinski definition) is 1. The molecule has 0 heterocycles. The fourth-order valence-corrected chi connectivity index (χ4v) is 4.05. The van der Waals surface area contributed by atoms with Crippen LogP contribution in [0.5, 0.6) is 11.5 Å². The van der Waals surface area contributed by atoms with Crippen LogP contribution >= 0.6 is 11.6 Å². The molecule has 134 valence electrons. The van der Waals surface area contributed by atoms with Crippen molar-refractivity contribution in [3.05, 3.63) is 82.9 Å². The molecule has 0 amide bonds. The number of para-hydroxylation sites is 1. The highest BCUT2D eigenvalue weighted by atomic mass is 35.5. The SMILES string of the molecule is Cc1ccc(C)c(S(=O)(=O)Nc2cc(Cl)ccc2Oc2ccccc2)c1. The van der Waals surface area contributed by atoms with Gasteiger partial charge in [-0.3, -0.25) is 4.72 Å². The third-order valence-electron chi connectivity index (χ3n) is 3.79. The smallest absolute Gasteiger partial charge is 0.262 e. The number of rotatable bonds is 5. The first kappa shape index (κ1) is 18.3. The Morgan fingerprint density at radius 2 is 1.65 bits per heavy atom. The van der Waals surface area contributed by atoms with Crippen LogP contribution in [0.15, 0.2) is 71.6 Å². The Labute approximate surface area is 158 Å². The first-order chi connectivity index (χ1) is 12.3. The third-order valence-corrected chi connectivity index (χ3v) is 5.53. The van der Waals surface area contributed by atoms with E-state index in [9.17, 15) is 8.42 Å². The molecule has 0 saturated carbocycles. The van der Waals surface area contributed by atoms with E-state index in [1.54, 1.807) is 43.3 Å². The van der Waals surface area contributed by atoms with Crippen LogP contribution in [0.4, 0.5) is 5.69 Å². The highest BCUT2D eigenvalue weighted by Gasteiger charge is 2.19. The van der Waals surface area contributed by atoms with Crippen molar-refractivity contribution in [2.45, 2.75) is 18.7 Å². The van der Waals surface area contributed by atoms with E-state index < -0.39 is 10.0 Å². The minimum Gasteiger partial charge on any atom is -0.455 e. The van der Waals surface area contributed by atoms with Crippen LogP contribution < -0.4 is 9.46 Å². The van der Waals surface area contributed by atoms with Crippen molar-refractivity contribution in [1.29, 1.82) is 0 Å². The van der Waals surface area contributed by atoms with E-state index in [0.29, 0.717) is 22.1 Å². The summed E-state index contributed by atoms with van der Waals surface area (Å²) in [6.45, 7) is 3.61. The molecular weight excluding hydrogens is 370 g/mol. The number of hydrogen-bond acceptors (Lipinski definition) is 3. The molecule has 0 bridgehead atoms. The molecule has 6 heteroatoms. The van der Waals surface area contributed by atoms with Gasteiger partial charge in [0.1, 0.15) is 5.75 Å². The van der Waals surface area contributed by atoms with E-state index in [1.165, 1.54) is 6.07 Å². The Hall–Kier alpha value is -2.50. The number of sulfonamides is 1. The lowest BCUT2D eigenvalue weighted by molar-refractivity contribution is 0.485. The van der Waals surface area contributed by atoms with Gasteiger partial charge >= 0.3 is 0 Å². The lowest BCUT2D eigenvalue weighted by Crippen LogP contribution is -2.15. The van der Waals surface area contributed by atoms with Gasteiger partial charge in [-0.15, -0.1) is 0 Å². The van der Waals surface area contributed by atoms with Crippen LogP contribution in [0.3, 0.4) is 0 Å². The second-order valence-corrected chi connectivity index (χ2v) is 8.02. The highest BCUT2D eigenvalue weighted by molar-refractivity contribution is 7.92. The number of benzene rings is 3. The van der Waals surface area contributed by atoms with Gasteiger partial charge in [-0.05, 0) is 61.4 Å². The normalized spacial score (nSPS) is 11.2. The predicted molar refractivity (Wildman–Crippen MR) is 105 cm³/mol. The van der Waals surface area contributed by atoms with Crippen molar-refractivity contribution in [1.82, 2.24) is 0 Å². The number of halogens is 1.